The minimum absolute atomic E-state index is 0.0477. The Morgan fingerprint density at radius 3 is 2.71 bits per heavy atom. The highest BCUT2D eigenvalue weighted by atomic mass is 35.5. The quantitative estimate of drug-likeness (QED) is 0.556. The lowest BCUT2D eigenvalue weighted by Gasteiger charge is -2.25. The lowest BCUT2D eigenvalue weighted by atomic mass is 9.83. The second-order valence-corrected chi connectivity index (χ2v) is 7.23. The number of hydrogen-bond acceptors (Lipinski definition) is 4. The molecule has 0 fully saturated rings. The first-order valence-corrected chi connectivity index (χ1v) is 9.36. The number of nitrogens with one attached hydrogen (secondary N) is 1. The SMILES string of the molecule is Cc1nn(-c2ccc(Cl)nn2)c2c1[C@H](c1cccc3ccccc13)CC(=O)N2. The van der Waals surface area contributed by atoms with Crippen LogP contribution in [-0.4, -0.2) is 25.9 Å². The Kier molecular flexibility index (Phi) is 3.87. The van der Waals surface area contributed by atoms with Crippen molar-refractivity contribution in [2.24, 2.45) is 0 Å². The van der Waals surface area contributed by atoms with E-state index in [4.69, 9.17) is 11.6 Å². The van der Waals surface area contributed by atoms with Crippen molar-refractivity contribution in [2.75, 3.05) is 5.32 Å². The van der Waals surface area contributed by atoms with E-state index in [1.807, 2.05) is 25.1 Å². The van der Waals surface area contributed by atoms with E-state index in [1.165, 1.54) is 0 Å². The van der Waals surface area contributed by atoms with Gasteiger partial charge in [-0.15, -0.1) is 10.2 Å². The molecule has 1 N–H and O–H groups in total. The largest absolute Gasteiger partial charge is 0.310 e. The fourth-order valence-electron chi connectivity index (χ4n) is 3.95. The molecule has 138 valence electrons. The molecule has 28 heavy (non-hydrogen) atoms. The molecule has 5 rings (SSSR count). The Morgan fingerprint density at radius 2 is 1.89 bits per heavy atom. The zero-order valence-corrected chi connectivity index (χ0v) is 15.8. The monoisotopic (exact) mass is 389 g/mol. The molecule has 1 aliphatic heterocycles. The van der Waals surface area contributed by atoms with Crippen LogP contribution >= 0.6 is 11.6 Å². The summed E-state index contributed by atoms with van der Waals surface area (Å²) in [4.78, 5) is 12.6. The number of rotatable bonds is 2. The van der Waals surface area contributed by atoms with E-state index in [2.05, 4.69) is 44.9 Å². The number of anilines is 1. The molecule has 0 aliphatic carbocycles. The van der Waals surface area contributed by atoms with E-state index in [0.717, 1.165) is 27.6 Å². The number of fused-ring (bicyclic) bond motifs is 2. The summed E-state index contributed by atoms with van der Waals surface area (Å²) >= 11 is 5.86. The van der Waals surface area contributed by atoms with Crippen LogP contribution in [0.2, 0.25) is 5.15 Å². The van der Waals surface area contributed by atoms with E-state index >= 15 is 0 Å². The minimum Gasteiger partial charge on any atom is -0.310 e. The van der Waals surface area contributed by atoms with Crippen LogP contribution in [0.3, 0.4) is 0 Å². The molecule has 1 aliphatic rings. The minimum atomic E-state index is -0.0798. The van der Waals surface area contributed by atoms with Gasteiger partial charge in [0.25, 0.3) is 0 Å². The van der Waals surface area contributed by atoms with Crippen molar-refractivity contribution in [3.8, 4) is 5.82 Å². The lowest BCUT2D eigenvalue weighted by molar-refractivity contribution is -0.116. The predicted molar refractivity (Wildman–Crippen MR) is 108 cm³/mol. The van der Waals surface area contributed by atoms with Gasteiger partial charge >= 0.3 is 0 Å². The summed E-state index contributed by atoms with van der Waals surface area (Å²) in [7, 11) is 0. The topological polar surface area (TPSA) is 72.7 Å². The van der Waals surface area contributed by atoms with Gasteiger partial charge in [0, 0.05) is 17.9 Å². The van der Waals surface area contributed by atoms with Gasteiger partial charge in [0.15, 0.2) is 11.0 Å². The molecular weight excluding hydrogens is 374 g/mol. The first-order valence-electron chi connectivity index (χ1n) is 8.98. The molecule has 0 bridgehead atoms. The van der Waals surface area contributed by atoms with Crippen molar-refractivity contribution in [2.45, 2.75) is 19.3 Å². The predicted octanol–water partition coefficient (Wildman–Crippen LogP) is 4.25. The van der Waals surface area contributed by atoms with Gasteiger partial charge in [-0.3, -0.25) is 4.79 Å². The fraction of sp³-hybridized carbons (Fsp3) is 0.143. The lowest BCUT2D eigenvalue weighted by Crippen LogP contribution is -2.25. The van der Waals surface area contributed by atoms with Crippen LogP contribution in [-0.2, 0) is 4.79 Å². The van der Waals surface area contributed by atoms with Crippen LogP contribution in [0.15, 0.2) is 54.6 Å². The number of carbonyl (C=O) groups is 1. The van der Waals surface area contributed by atoms with Gasteiger partial charge in [-0.05, 0) is 35.4 Å². The summed E-state index contributed by atoms with van der Waals surface area (Å²) in [6.07, 6.45) is 0.375. The molecule has 2 aromatic carbocycles. The third-order valence-electron chi connectivity index (χ3n) is 5.14. The Labute approximate surface area is 166 Å². The molecule has 2 aromatic heterocycles. The Morgan fingerprint density at radius 1 is 1.07 bits per heavy atom. The zero-order valence-electron chi connectivity index (χ0n) is 15.1. The van der Waals surface area contributed by atoms with Gasteiger partial charge in [-0.25, -0.2) is 0 Å². The third-order valence-corrected chi connectivity index (χ3v) is 5.34. The molecule has 3 heterocycles. The van der Waals surface area contributed by atoms with Gasteiger partial charge in [0.1, 0.15) is 5.82 Å². The molecule has 1 amide bonds. The number of hydrogen-bond donors (Lipinski definition) is 1. The number of aromatic nitrogens is 4. The first kappa shape index (κ1) is 16.9. The highest BCUT2D eigenvalue weighted by Gasteiger charge is 2.33. The van der Waals surface area contributed by atoms with Crippen molar-refractivity contribution < 1.29 is 4.79 Å². The Bertz CT molecular complexity index is 1210. The van der Waals surface area contributed by atoms with E-state index in [9.17, 15) is 4.79 Å². The smallest absolute Gasteiger partial charge is 0.226 e. The summed E-state index contributed by atoms with van der Waals surface area (Å²) in [5.74, 6) is 1.02. The van der Waals surface area contributed by atoms with Crippen molar-refractivity contribution in [1.82, 2.24) is 20.0 Å². The van der Waals surface area contributed by atoms with E-state index < -0.39 is 0 Å². The fourth-order valence-corrected chi connectivity index (χ4v) is 4.06. The zero-order chi connectivity index (χ0) is 19.3. The van der Waals surface area contributed by atoms with Crippen molar-refractivity contribution >= 4 is 34.1 Å². The normalized spacial score (nSPS) is 16.1. The standard InChI is InChI=1S/C21H16ClN5O/c1-12-20-16(15-8-4-6-13-5-2-3-7-14(13)15)11-19(28)23-21(20)27(26-12)18-10-9-17(22)24-25-18/h2-10,16H,11H2,1H3,(H,23,28)/t16-/m0/s1. The van der Waals surface area contributed by atoms with E-state index in [-0.39, 0.29) is 11.8 Å². The molecule has 6 nitrogen and oxygen atoms in total. The maximum atomic E-state index is 12.6. The van der Waals surface area contributed by atoms with Crippen LogP contribution in [0, 0.1) is 6.92 Å². The highest BCUT2D eigenvalue weighted by molar-refractivity contribution is 6.29. The Hall–Kier alpha value is -3.25. The van der Waals surface area contributed by atoms with E-state index in [1.54, 1.807) is 16.8 Å². The average molecular weight is 390 g/mol. The van der Waals surface area contributed by atoms with Gasteiger partial charge in [-0.1, -0.05) is 54.1 Å². The maximum Gasteiger partial charge on any atom is 0.226 e. The summed E-state index contributed by atoms with van der Waals surface area (Å²) in [6, 6.07) is 17.8. The van der Waals surface area contributed by atoms with Crippen LogP contribution in [0.5, 0.6) is 0 Å². The number of halogens is 1. The molecule has 1 atom stereocenters. The van der Waals surface area contributed by atoms with Gasteiger partial charge in [0.2, 0.25) is 5.91 Å². The van der Waals surface area contributed by atoms with Crippen LogP contribution in [0.4, 0.5) is 5.82 Å². The molecule has 0 unspecified atom stereocenters. The number of nitrogens with zero attached hydrogens (tertiary/aromatic N) is 4. The molecule has 0 spiro atoms. The molecule has 0 saturated carbocycles. The van der Waals surface area contributed by atoms with Crippen LogP contribution in [0.25, 0.3) is 16.6 Å². The number of carbonyl (C=O) groups excluding carboxylic acids is 1. The second-order valence-electron chi connectivity index (χ2n) is 6.85. The number of amides is 1. The first-order chi connectivity index (χ1) is 13.6. The molecule has 0 radical (unpaired) electrons. The summed E-state index contributed by atoms with van der Waals surface area (Å²) < 4.78 is 1.63. The van der Waals surface area contributed by atoms with Crippen molar-refractivity contribution in [3.05, 3.63) is 76.6 Å². The molecule has 0 saturated heterocycles. The number of benzene rings is 2. The van der Waals surface area contributed by atoms with Crippen LogP contribution < -0.4 is 5.32 Å². The molecule has 4 aromatic rings. The summed E-state index contributed by atoms with van der Waals surface area (Å²) in [5.41, 5.74) is 2.98. The highest BCUT2D eigenvalue weighted by Crippen LogP contribution is 2.42. The number of aryl methyl sites for hydroxylation is 1. The van der Waals surface area contributed by atoms with Crippen LogP contribution in [0.1, 0.15) is 29.2 Å². The van der Waals surface area contributed by atoms with Crippen molar-refractivity contribution in [1.29, 1.82) is 0 Å². The third kappa shape index (κ3) is 2.65. The average Bonchev–Trinajstić information content (AvgIpc) is 3.04. The molecular formula is C21H16ClN5O. The van der Waals surface area contributed by atoms with Crippen molar-refractivity contribution in [3.63, 3.8) is 0 Å². The second kappa shape index (κ2) is 6.42. The summed E-state index contributed by atoms with van der Waals surface area (Å²) in [5, 5.41) is 18.2. The van der Waals surface area contributed by atoms with Gasteiger partial charge in [-0.2, -0.15) is 9.78 Å². The summed E-state index contributed by atoms with van der Waals surface area (Å²) in [6.45, 7) is 1.95. The Balaban J connectivity index is 1.72. The van der Waals surface area contributed by atoms with E-state index in [0.29, 0.717) is 23.2 Å². The van der Waals surface area contributed by atoms with Gasteiger partial charge in [0.05, 0.1) is 5.69 Å². The molecule has 7 heteroatoms. The van der Waals surface area contributed by atoms with Gasteiger partial charge < -0.3 is 5.32 Å². The maximum absolute atomic E-state index is 12.6.